The normalized spacial score (nSPS) is 11.5. The third-order valence-electron chi connectivity index (χ3n) is 3.44. The van der Waals surface area contributed by atoms with Crippen molar-refractivity contribution in [2.45, 2.75) is 13.3 Å². The van der Waals surface area contributed by atoms with Gasteiger partial charge in [0.25, 0.3) is 5.91 Å². The Labute approximate surface area is 135 Å². The van der Waals surface area contributed by atoms with Gasteiger partial charge in [0.05, 0.1) is 0 Å². The van der Waals surface area contributed by atoms with E-state index >= 15 is 0 Å². The summed E-state index contributed by atoms with van der Waals surface area (Å²) in [6.45, 7) is 2.15. The second-order valence-corrected chi connectivity index (χ2v) is 5.29. The van der Waals surface area contributed by atoms with Gasteiger partial charge in [0, 0.05) is 18.0 Å². The van der Waals surface area contributed by atoms with Crippen molar-refractivity contribution < 1.29 is 14.3 Å². The third kappa shape index (κ3) is 5.14. The van der Waals surface area contributed by atoms with E-state index in [0.717, 1.165) is 5.75 Å². The van der Waals surface area contributed by atoms with Gasteiger partial charge in [0.1, 0.15) is 11.5 Å². The zero-order chi connectivity index (χ0) is 16.7. The van der Waals surface area contributed by atoms with Crippen molar-refractivity contribution in [2.75, 3.05) is 6.54 Å². The van der Waals surface area contributed by atoms with Crippen LogP contribution in [0.4, 0.5) is 0 Å². The summed E-state index contributed by atoms with van der Waals surface area (Å²) in [4.78, 5) is 22.9. The van der Waals surface area contributed by atoms with Gasteiger partial charge in [-0.3, -0.25) is 9.59 Å². The summed E-state index contributed by atoms with van der Waals surface area (Å²) in [6, 6.07) is 16.3. The highest BCUT2D eigenvalue weighted by Gasteiger charge is 2.10. The van der Waals surface area contributed by atoms with Crippen LogP contribution in [0.3, 0.4) is 0 Å². The third-order valence-corrected chi connectivity index (χ3v) is 3.44. The molecule has 0 aliphatic rings. The van der Waals surface area contributed by atoms with Gasteiger partial charge in [-0.2, -0.15) is 0 Å². The minimum absolute atomic E-state index is 0.187. The Morgan fingerprint density at radius 3 is 2.26 bits per heavy atom. The lowest BCUT2D eigenvalue weighted by atomic mass is 10.1. The number of carbonyl (C=O) groups excluding carboxylic acids is 2. The summed E-state index contributed by atoms with van der Waals surface area (Å²) >= 11 is 0. The molecule has 2 amide bonds. The van der Waals surface area contributed by atoms with E-state index in [1.807, 2.05) is 30.3 Å². The van der Waals surface area contributed by atoms with E-state index < -0.39 is 0 Å². The van der Waals surface area contributed by atoms with Gasteiger partial charge < -0.3 is 15.8 Å². The van der Waals surface area contributed by atoms with Crippen LogP contribution in [0.2, 0.25) is 0 Å². The Morgan fingerprint density at radius 1 is 1.04 bits per heavy atom. The molecule has 2 aromatic rings. The molecule has 5 heteroatoms. The molecule has 0 bridgehead atoms. The monoisotopic (exact) mass is 312 g/mol. The van der Waals surface area contributed by atoms with Crippen LogP contribution in [0.25, 0.3) is 0 Å². The number of ether oxygens (including phenoxy) is 1. The fourth-order valence-corrected chi connectivity index (χ4v) is 1.95. The van der Waals surface area contributed by atoms with E-state index in [9.17, 15) is 9.59 Å². The standard InChI is InChI=1S/C18H20N2O3/c1-13(17(19)21)11-12-20-18(22)14-7-9-16(10-8-14)23-15-5-3-2-4-6-15/h2-10,13H,11-12H2,1H3,(H2,19,21)(H,20,22). The molecule has 2 rings (SSSR count). The first kappa shape index (κ1) is 16.5. The summed E-state index contributed by atoms with van der Waals surface area (Å²) in [6.07, 6.45) is 0.524. The Morgan fingerprint density at radius 2 is 1.65 bits per heavy atom. The topological polar surface area (TPSA) is 81.4 Å². The molecule has 1 atom stereocenters. The minimum Gasteiger partial charge on any atom is -0.457 e. The molecule has 0 aliphatic heterocycles. The maximum Gasteiger partial charge on any atom is 0.251 e. The van der Waals surface area contributed by atoms with Crippen LogP contribution in [0, 0.1) is 5.92 Å². The fourth-order valence-electron chi connectivity index (χ4n) is 1.95. The van der Waals surface area contributed by atoms with Crippen molar-refractivity contribution in [2.24, 2.45) is 11.7 Å². The second-order valence-electron chi connectivity index (χ2n) is 5.29. The number of nitrogens with two attached hydrogens (primary N) is 1. The van der Waals surface area contributed by atoms with Crippen LogP contribution in [0.15, 0.2) is 54.6 Å². The molecular formula is C18H20N2O3. The van der Waals surface area contributed by atoms with Gasteiger partial charge in [-0.15, -0.1) is 0 Å². The highest BCUT2D eigenvalue weighted by molar-refractivity contribution is 5.94. The number of primary amides is 1. The summed E-state index contributed by atoms with van der Waals surface area (Å²) in [5.41, 5.74) is 5.72. The van der Waals surface area contributed by atoms with E-state index in [0.29, 0.717) is 24.3 Å². The van der Waals surface area contributed by atoms with E-state index in [1.54, 1.807) is 31.2 Å². The van der Waals surface area contributed by atoms with E-state index in [2.05, 4.69) is 5.32 Å². The number of amides is 2. The molecule has 1 unspecified atom stereocenters. The first-order chi connectivity index (χ1) is 11.1. The van der Waals surface area contributed by atoms with Gasteiger partial charge in [0.15, 0.2) is 0 Å². The van der Waals surface area contributed by atoms with Crippen LogP contribution >= 0.6 is 0 Å². The SMILES string of the molecule is CC(CCNC(=O)c1ccc(Oc2ccccc2)cc1)C(N)=O. The van der Waals surface area contributed by atoms with Crippen LogP contribution < -0.4 is 15.8 Å². The highest BCUT2D eigenvalue weighted by Crippen LogP contribution is 2.21. The number of hydrogen-bond acceptors (Lipinski definition) is 3. The molecule has 0 radical (unpaired) electrons. The van der Waals surface area contributed by atoms with Crippen molar-refractivity contribution >= 4 is 11.8 Å². The van der Waals surface area contributed by atoms with Gasteiger partial charge in [-0.1, -0.05) is 25.1 Å². The van der Waals surface area contributed by atoms with Gasteiger partial charge in [0.2, 0.25) is 5.91 Å². The lowest BCUT2D eigenvalue weighted by Crippen LogP contribution is -2.29. The second kappa shape index (κ2) is 7.98. The molecular weight excluding hydrogens is 292 g/mol. The minimum atomic E-state index is -0.360. The zero-order valence-corrected chi connectivity index (χ0v) is 13.0. The summed E-state index contributed by atoms with van der Waals surface area (Å²) in [7, 11) is 0. The molecule has 0 heterocycles. The molecule has 5 nitrogen and oxygen atoms in total. The van der Waals surface area contributed by atoms with E-state index in [1.165, 1.54) is 0 Å². The number of benzene rings is 2. The quantitative estimate of drug-likeness (QED) is 0.824. The largest absolute Gasteiger partial charge is 0.457 e. The summed E-state index contributed by atoms with van der Waals surface area (Å²) in [5.74, 6) is 0.604. The number of nitrogens with one attached hydrogen (secondary N) is 1. The number of hydrogen-bond donors (Lipinski definition) is 2. The lowest BCUT2D eigenvalue weighted by Gasteiger charge is -2.09. The van der Waals surface area contributed by atoms with Crippen LogP contribution in [0.1, 0.15) is 23.7 Å². The highest BCUT2D eigenvalue weighted by atomic mass is 16.5. The molecule has 0 spiro atoms. The maximum absolute atomic E-state index is 12.0. The van der Waals surface area contributed by atoms with Crippen molar-refractivity contribution in [3.63, 3.8) is 0 Å². The van der Waals surface area contributed by atoms with Crippen molar-refractivity contribution in [3.8, 4) is 11.5 Å². The lowest BCUT2D eigenvalue weighted by molar-refractivity contribution is -0.121. The average Bonchev–Trinajstić information content (AvgIpc) is 2.56. The van der Waals surface area contributed by atoms with Crippen LogP contribution in [-0.4, -0.2) is 18.4 Å². The molecule has 3 N–H and O–H groups in total. The van der Waals surface area contributed by atoms with Crippen molar-refractivity contribution in [1.29, 1.82) is 0 Å². The Balaban J connectivity index is 1.86. The average molecular weight is 312 g/mol. The molecule has 0 saturated heterocycles. The zero-order valence-electron chi connectivity index (χ0n) is 13.0. The van der Waals surface area contributed by atoms with E-state index in [4.69, 9.17) is 10.5 Å². The van der Waals surface area contributed by atoms with Gasteiger partial charge >= 0.3 is 0 Å². The fraction of sp³-hybridized carbons (Fsp3) is 0.222. The van der Waals surface area contributed by atoms with Crippen LogP contribution in [0.5, 0.6) is 11.5 Å². The van der Waals surface area contributed by atoms with Crippen molar-refractivity contribution in [1.82, 2.24) is 5.32 Å². The van der Waals surface area contributed by atoms with Crippen molar-refractivity contribution in [3.05, 3.63) is 60.2 Å². The Hall–Kier alpha value is -2.82. The van der Waals surface area contributed by atoms with E-state index in [-0.39, 0.29) is 17.7 Å². The predicted molar refractivity (Wildman–Crippen MR) is 88.3 cm³/mol. The Bertz CT molecular complexity index is 654. The Kier molecular flexibility index (Phi) is 5.74. The number of para-hydroxylation sites is 1. The molecule has 0 aliphatic carbocycles. The first-order valence-corrected chi connectivity index (χ1v) is 7.47. The molecule has 0 aromatic heterocycles. The molecule has 0 saturated carbocycles. The number of carbonyl (C=O) groups is 2. The molecule has 23 heavy (non-hydrogen) atoms. The summed E-state index contributed by atoms with van der Waals surface area (Å²) in [5, 5.41) is 2.77. The maximum atomic E-state index is 12.0. The van der Waals surface area contributed by atoms with Crippen LogP contribution in [-0.2, 0) is 4.79 Å². The predicted octanol–water partition coefficient (Wildman–Crippen LogP) is 2.72. The first-order valence-electron chi connectivity index (χ1n) is 7.47. The van der Waals surface area contributed by atoms with Gasteiger partial charge in [-0.25, -0.2) is 0 Å². The summed E-state index contributed by atoms with van der Waals surface area (Å²) < 4.78 is 5.67. The number of rotatable bonds is 7. The smallest absolute Gasteiger partial charge is 0.251 e. The molecule has 120 valence electrons. The van der Waals surface area contributed by atoms with Gasteiger partial charge in [-0.05, 0) is 42.8 Å². The molecule has 0 fully saturated rings. The molecule has 2 aromatic carbocycles.